The fourth-order valence-electron chi connectivity index (χ4n) is 2.21. The molecule has 1 heterocycles. The average Bonchev–Trinajstić information content (AvgIpc) is 2.80. The Hall–Kier alpha value is -0.600. The predicted octanol–water partition coefficient (Wildman–Crippen LogP) is 5.47. The van der Waals surface area contributed by atoms with Gasteiger partial charge < -0.3 is 0 Å². The van der Waals surface area contributed by atoms with Gasteiger partial charge >= 0.3 is 0 Å². The summed E-state index contributed by atoms with van der Waals surface area (Å²) in [6.07, 6.45) is 0. The maximum Gasteiger partial charge on any atom is 0.0743 e. The first-order valence-corrected chi connectivity index (χ1v) is 7.56. The molecule has 1 unspecified atom stereocenters. The summed E-state index contributed by atoms with van der Waals surface area (Å²) in [6, 6.07) is 6.59. The Balaban J connectivity index is 2.59. The van der Waals surface area contributed by atoms with Gasteiger partial charge in [-0.05, 0) is 67.0 Å². The minimum atomic E-state index is 0.320. The summed E-state index contributed by atoms with van der Waals surface area (Å²) in [5, 5.41) is 2.14. The predicted molar refractivity (Wildman–Crippen MR) is 80.5 cm³/mol. The van der Waals surface area contributed by atoms with Crippen molar-refractivity contribution in [3.63, 3.8) is 0 Å². The van der Waals surface area contributed by atoms with E-state index in [1.54, 1.807) is 0 Å². The fraction of sp³-hybridized carbons (Fsp3) is 0.333. The zero-order chi connectivity index (χ0) is 12.6. The van der Waals surface area contributed by atoms with E-state index in [4.69, 9.17) is 0 Å². The first kappa shape index (κ1) is 12.8. The second kappa shape index (κ2) is 4.95. The van der Waals surface area contributed by atoms with Gasteiger partial charge in [0, 0.05) is 4.88 Å². The molecule has 1 aromatic heterocycles. The molecule has 0 fully saturated rings. The smallest absolute Gasteiger partial charge is 0.0743 e. The Labute approximate surface area is 116 Å². The highest BCUT2D eigenvalue weighted by molar-refractivity contribution is 9.09. The summed E-state index contributed by atoms with van der Waals surface area (Å²) < 4.78 is 0. The quantitative estimate of drug-likeness (QED) is 0.646. The van der Waals surface area contributed by atoms with Gasteiger partial charge in [0.25, 0.3) is 0 Å². The molecule has 0 nitrogen and oxygen atoms in total. The van der Waals surface area contributed by atoms with Crippen LogP contribution < -0.4 is 0 Å². The maximum atomic E-state index is 3.85. The van der Waals surface area contributed by atoms with E-state index in [0.717, 1.165) is 0 Å². The van der Waals surface area contributed by atoms with Crippen LogP contribution in [0, 0.1) is 27.7 Å². The lowest BCUT2D eigenvalue weighted by Gasteiger charge is -2.19. The van der Waals surface area contributed by atoms with E-state index in [0.29, 0.717) is 4.83 Å². The third-order valence-electron chi connectivity index (χ3n) is 3.47. The standard InChI is InChI=1S/C15H17BrS/c1-9-8-10(2)12(4)14(11(9)3)15(16)13-6-5-7-17-13/h5-8,15H,1-4H3. The van der Waals surface area contributed by atoms with Crippen LogP contribution in [0.3, 0.4) is 0 Å². The van der Waals surface area contributed by atoms with Gasteiger partial charge in [-0.3, -0.25) is 0 Å². The summed E-state index contributed by atoms with van der Waals surface area (Å²) in [6.45, 7) is 8.83. The van der Waals surface area contributed by atoms with E-state index in [-0.39, 0.29) is 0 Å². The molecule has 0 aliphatic heterocycles. The van der Waals surface area contributed by atoms with Gasteiger partial charge in [-0.25, -0.2) is 0 Å². The molecule has 0 bridgehead atoms. The zero-order valence-electron chi connectivity index (χ0n) is 10.7. The third kappa shape index (κ3) is 2.34. The Morgan fingerprint density at radius 2 is 1.65 bits per heavy atom. The van der Waals surface area contributed by atoms with E-state index in [2.05, 4.69) is 67.2 Å². The van der Waals surface area contributed by atoms with Gasteiger partial charge in [-0.2, -0.15) is 0 Å². The van der Waals surface area contributed by atoms with Crippen molar-refractivity contribution in [2.75, 3.05) is 0 Å². The average molecular weight is 309 g/mol. The lowest BCUT2D eigenvalue weighted by atomic mass is 9.92. The summed E-state index contributed by atoms with van der Waals surface area (Å²) in [4.78, 5) is 1.70. The van der Waals surface area contributed by atoms with E-state index in [1.807, 2.05) is 11.3 Å². The van der Waals surface area contributed by atoms with Crippen molar-refractivity contribution in [1.82, 2.24) is 0 Å². The molecule has 0 saturated carbocycles. The number of hydrogen-bond acceptors (Lipinski definition) is 1. The number of hydrogen-bond donors (Lipinski definition) is 0. The van der Waals surface area contributed by atoms with Crippen molar-refractivity contribution in [2.24, 2.45) is 0 Å². The molecule has 0 amide bonds. The molecule has 0 radical (unpaired) electrons. The second-order valence-electron chi connectivity index (χ2n) is 4.55. The number of alkyl halides is 1. The van der Waals surface area contributed by atoms with Crippen molar-refractivity contribution in [2.45, 2.75) is 32.5 Å². The molecular weight excluding hydrogens is 292 g/mol. The van der Waals surface area contributed by atoms with Crippen LogP contribution in [0.4, 0.5) is 0 Å². The van der Waals surface area contributed by atoms with Crippen LogP contribution in [-0.4, -0.2) is 0 Å². The lowest BCUT2D eigenvalue weighted by Crippen LogP contribution is -2.01. The Kier molecular flexibility index (Phi) is 3.74. The van der Waals surface area contributed by atoms with Gasteiger partial charge in [-0.1, -0.05) is 28.1 Å². The highest BCUT2D eigenvalue weighted by Crippen LogP contribution is 2.39. The molecule has 0 saturated heterocycles. The van der Waals surface area contributed by atoms with Gasteiger partial charge in [0.15, 0.2) is 0 Å². The van der Waals surface area contributed by atoms with Crippen molar-refractivity contribution in [3.05, 3.63) is 56.3 Å². The number of benzene rings is 1. The van der Waals surface area contributed by atoms with E-state index >= 15 is 0 Å². The second-order valence-corrected chi connectivity index (χ2v) is 6.45. The van der Waals surface area contributed by atoms with Crippen LogP contribution in [0.1, 0.15) is 37.5 Å². The highest BCUT2D eigenvalue weighted by Gasteiger charge is 2.18. The van der Waals surface area contributed by atoms with Crippen molar-refractivity contribution in [3.8, 4) is 0 Å². The maximum absolute atomic E-state index is 3.85. The van der Waals surface area contributed by atoms with Crippen molar-refractivity contribution >= 4 is 27.3 Å². The molecule has 0 aliphatic rings. The summed E-state index contributed by atoms with van der Waals surface area (Å²) in [5.74, 6) is 0. The third-order valence-corrected chi connectivity index (χ3v) is 5.66. The van der Waals surface area contributed by atoms with Gasteiger partial charge in [0.2, 0.25) is 0 Å². The molecule has 2 aromatic rings. The topological polar surface area (TPSA) is 0 Å². The molecule has 2 heteroatoms. The summed E-state index contributed by atoms with van der Waals surface area (Å²) in [5.41, 5.74) is 7.00. The van der Waals surface area contributed by atoms with Crippen LogP contribution in [0.15, 0.2) is 23.6 Å². The van der Waals surface area contributed by atoms with Crippen molar-refractivity contribution in [1.29, 1.82) is 0 Å². The summed E-state index contributed by atoms with van der Waals surface area (Å²) in [7, 11) is 0. The Morgan fingerprint density at radius 3 is 2.12 bits per heavy atom. The number of thiophene rings is 1. The van der Waals surface area contributed by atoms with Gasteiger partial charge in [0.1, 0.15) is 0 Å². The van der Waals surface area contributed by atoms with E-state index < -0.39 is 0 Å². The van der Waals surface area contributed by atoms with Crippen LogP contribution >= 0.6 is 27.3 Å². The molecule has 1 atom stereocenters. The number of rotatable bonds is 2. The largest absolute Gasteiger partial charge is 0.147 e. The van der Waals surface area contributed by atoms with Crippen LogP contribution in [0.25, 0.3) is 0 Å². The first-order valence-electron chi connectivity index (χ1n) is 5.77. The Morgan fingerprint density at radius 1 is 1.06 bits per heavy atom. The minimum absolute atomic E-state index is 0.320. The van der Waals surface area contributed by atoms with Crippen molar-refractivity contribution < 1.29 is 0 Å². The fourth-order valence-corrected chi connectivity index (χ4v) is 4.08. The molecule has 0 aliphatic carbocycles. The van der Waals surface area contributed by atoms with Crippen LogP contribution in [0.5, 0.6) is 0 Å². The zero-order valence-corrected chi connectivity index (χ0v) is 13.1. The highest BCUT2D eigenvalue weighted by atomic mass is 79.9. The molecule has 90 valence electrons. The van der Waals surface area contributed by atoms with Gasteiger partial charge in [-0.15, -0.1) is 11.3 Å². The van der Waals surface area contributed by atoms with Crippen LogP contribution in [-0.2, 0) is 0 Å². The summed E-state index contributed by atoms with van der Waals surface area (Å²) >= 11 is 5.66. The molecule has 1 aromatic carbocycles. The van der Waals surface area contributed by atoms with Gasteiger partial charge in [0.05, 0.1) is 4.83 Å². The molecule has 0 N–H and O–H groups in total. The Bertz CT molecular complexity index is 500. The number of aryl methyl sites for hydroxylation is 2. The SMILES string of the molecule is Cc1cc(C)c(C)c(C(Br)c2cccs2)c1C. The number of halogens is 1. The molecule has 2 rings (SSSR count). The molecule has 17 heavy (non-hydrogen) atoms. The lowest BCUT2D eigenvalue weighted by molar-refractivity contribution is 1.09. The molecular formula is C15H17BrS. The first-order chi connectivity index (χ1) is 8.02. The minimum Gasteiger partial charge on any atom is -0.147 e. The molecule has 0 spiro atoms. The monoisotopic (exact) mass is 308 g/mol. The van der Waals surface area contributed by atoms with Crippen LogP contribution in [0.2, 0.25) is 0 Å². The van der Waals surface area contributed by atoms with E-state index in [9.17, 15) is 0 Å². The normalized spacial score (nSPS) is 12.8. The van der Waals surface area contributed by atoms with E-state index in [1.165, 1.54) is 32.7 Å².